The van der Waals surface area contributed by atoms with Gasteiger partial charge in [-0.15, -0.1) is 0 Å². The highest BCUT2D eigenvalue weighted by Crippen LogP contribution is 2.24. The summed E-state index contributed by atoms with van der Waals surface area (Å²) in [5.74, 6) is 5.51. The number of aryl methyl sites for hydroxylation is 1. The molecule has 0 aromatic heterocycles. The molecule has 0 bridgehead atoms. The summed E-state index contributed by atoms with van der Waals surface area (Å²) in [5, 5.41) is 0.600. The van der Waals surface area contributed by atoms with Gasteiger partial charge < -0.3 is 9.57 Å². The van der Waals surface area contributed by atoms with Gasteiger partial charge in [0.05, 0.1) is 5.02 Å². The highest BCUT2D eigenvalue weighted by molar-refractivity contribution is 6.32. The van der Waals surface area contributed by atoms with Crippen LogP contribution in [0.25, 0.3) is 0 Å². The van der Waals surface area contributed by atoms with E-state index >= 15 is 0 Å². The molecule has 3 nitrogen and oxygen atoms in total. The first-order chi connectivity index (χ1) is 6.24. The van der Waals surface area contributed by atoms with Crippen LogP contribution in [-0.4, -0.2) is 13.2 Å². The van der Waals surface area contributed by atoms with Gasteiger partial charge in [0.25, 0.3) is 0 Å². The summed E-state index contributed by atoms with van der Waals surface area (Å²) in [6, 6.07) is 5.60. The van der Waals surface area contributed by atoms with Crippen LogP contribution in [0, 0.1) is 6.92 Å². The van der Waals surface area contributed by atoms with Crippen LogP contribution in [0.4, 0.5) is 0 Å². The van der Waals surface area contributed by atoms with Gasteiger partial charge in [0.2, 0.25) is 0 Å². The Balaban J connectivity index is 2.59. The fourth-order valence-electron chi connectivity index (χ4n) is 0.921. The fourth-order valence-corrected chi connectivity index (χ4v) is 1.09. The van der Waals surface area contributed by atoms with Crippen molar-refractivity contribution in [1.29, 1.82) is 0 Å². The molecule has 0 aliphatic carbocycles. The van der Waals surface area contributed by atoms with Crippen molar-refractivity contribution in [3.8, 4) is 5.75 Å². The van der Waals surface area contributed by atoms with Crippen molar-refractivity contribution in [2.75, 3.05) is 13.2 Å². The van der Waals surface area contributed by atoms with Crippen molar-refractivity contribution in [3.05, 3.63) is 28.8 Å². The summed E-state index contributed by atoms with van der Waals surface area (Å²) in [4.78, 5) is 4.37. The van der Waals surface area contributed by atoms with Crippen molar-refractivity contribution < 1.29 is 9.57 Å². The van der Waals surface area contributed by atoms with E-state index in [9.17, 15) is 0 Å². The highest BCUT2D eigenvalue weighted by atomic mass is 35.5. The summed E-state index contributed by atoms with van der Waals surface area (Å²) >= 11 is 5.88. The number of hydrogen-bond acceptors (Lipinski definition) is 3. The van der Waals surface area contributed by atoms with Gasteiger partial charge in [-0.05, 0) is 24.6 Å². The maximum Gasteiger partial charge on any atom is 0.138 e. The first-order valence-electron chi connectivity index (χ1n) is 3.94. The lowest BCUT2D eigenvalue weighted by Crippen LogP contribution is -2.10. The van der Waals surface area contributed by atoms with E-state index in [1.165, 1.54) is 0 Å². The first kappa shape index (κ1) is 10.3. The second kappa shape index (κ2) is 5.07. The average Bonchev–Trinajstić information content (AvgIpc) is 2.11. The third-order valence-electron chi connectivity index (χ3n) is 1.55. The second-order valence-electron chi connectivity index (χ2n) is 2.65. The minimum absolute atomic E-state index is 0.351. The molecular formula is C9H12ClNO2. The molecule has 1 rings (SSSR count). The van der Waals surface area contributed by atoms with Crippen molar-refractivity contribution in [1.82, 2.24) is 0 Å². The zero-order valence-electron chi connectivity index (χ0n) is 7.42. The van der Waals surface area contributed by atoms with Crippen molar-refractivity contribution in [2.24, 2.45) is 5.90 Å². The summed E-state index contributed by atoms with van der Waals surface area (Å²) in [7, 11) is 0. The van der Waals surface area contributed by atoms with Gasteiger partial charge in [-0.3, -0.25) is 0 Å². The molecule has 0 saturated carbocycles. The van der Waals surface area contributed by atoms with Gasteiger partial charge in [0.1, 0.15) is 19.0 Å². The molecule has 0 amide bonds. The third kappa shape index (κ3) is 3.22. The summed E-state index contributed by atoms with van der Waals surface area (Å²) < 4.78 is 5.32. The molecule has 0 aliphatic rings. The lowest BCUT2D eigenvalue weighted by Gasteiger charge is -2.07. The number of ether oxygens (including phenoxy) is 1. The Morgan fingerprint density at radius 2 is 2.15 bits per heavy atom. The van der Waals surface area contributed by atoms with E-state index < -0.39 is 0 Å². The van der Waals surface area contributed by atoms with Crippen molar-refractivity contribution in [2.45, 2.75) is 6.92 Å². The smallest absolute Gasteiger partial charge is 0.138 e. The highest BCUT2D eigenvalue weighted by Gasteiger charge is 2.00. The van der Waals surface area contributed by atoms with Gasteiger partial charge in [0, 0.05) is 0 Å². The van der Waals surface area contributed by atoms with Crippen molar-refractivity contribution in [3.63, 3.8) is 0 Å². The summed E-state index contributed by atoms with van der Waals surface area (Å²) in [5.41, 5.74) is 1.10. The van der Waals surface area contributed by atoms with Crippen LogP contribution in [0.2, 0.25) is 5.02 Å². The lowest BCUT2D eigenvalue weighted by atomic mass is 10.2. The molecule has 0 fully saturated rings. The van der Waals surface area contributed by atoms with E-state index in [2.05, 4.69) is 4.84 Å². The molecule has 1 aromatic rings. The van der Waals surface area contributed by atoms with Crippen LogP contribution in [-0.2, 0) is 4.84 Å². The average molecular weight is 202 g/mol. The maximum atomic E-state index is 5.88. The third-order valence-corrected chi connectivity index (χ3v) is 1.86. The molecule has 0 saturated heterocycles. The Labute approximate surface area is 82.4 Å². The van der Waals surface area contributed by atoms with Crippen LogP contribution in [0.5, 0.6) is 5.75 Å². The maximum absolute atomic E-state index is 5.88. The van der Waals surface area contributed by atoms with E-state index in [4.69, 9.17) is 22.2 Å². The molecule has 2 N–H and O–H groups in total. The SMILES string of the molecule is Cc1ccc(Cl)c(OCCON)c1. The van der Waals surface area contributed by atoms with Crippen LogP contribution in [0.1, 0.15) is 5.56 Å². The van der Waals surface area contributed by atoms with Crippen LogP contribution in [0.3, 0.4) is 0 Å². The largest absolute Gasteiger partial charge is 0.490 e. The van der Waals surface area contributed by atoms with Gasteiger partial charge in [-0.25, -0.2) is 5.90 Å². The molecule has 0 spiro atoms. The molecule has 4 heteroatoms. The summed E-state index contributed by atoms with van der Waals surface area (Å²) in [6.45, 7) is 2.73. The zero-order valence-corrected chi connectivity index (χ0v) is 8.17. The number of halogens is 1. The number of rotatable bonds is 4. The predicted octanol–water partition coefficient (Wildman–Crippen LogP) is 1.92. The van der Waals surface area contributed by atoms with E-state index in [0.717, 1.165) is 5.56 Å². The van der Waals surface area contributed by atoms with Crippen molar-refractivity contribution >= 4 is 11.6 Å². The van der Waals surface area contributed by atoms with Gasteiger partial charge in [-0.1, -0.05) is 17.7 Å². The summed E-state index contributed by atoms with van der Waals surface area (Å²) in [6.07, 6.45) is 0. The Morgan fingerprint density at radius 3 is 2.85 bits per heavy atom. The van der Waals surface area contributed by atoms with E-state index in [1.54, 1.807) is 6.07 Å². The van der Waals surface area contributed by atoms with Gasteiger partial charge in [-0.2, -0.15) is 0 Å². The number of benzene rings is 1. The Bertz CT molecular complexity index is 278. The molecule has 72 valence electrons. The van der Waals surface area contributed by atoms with Gasteiger partial charge >= 0.3 is 0 Å². The predicted molar refractivity (Wildman–Crippen MR) is 51.8 cm³/mol. The lowest BCUT2D eigenvalue weighted by molar-refractivity contribution is 0.102. The first-order valence-corrected chi connectivity index (χ1v) is 4.32. The molecule has 0 aliphatic heterocycles. The van der Waals surface area contributed by atoms with E-state index in [-0.39, 0.29) is 0 Å². The molecular weight excluding hydrogens is 190 g/mol. The molecule has 13 heavy (non-hydrogen) atoms. The van der Waals surface area contributed by atoms with Crippen LogP contribution >= 0.6 is 11.6 Å². The number of nitrogens with two attached hydrogens (primary N) is 1. The van der Waals surface area contributed by atoms with Gasteiger partial charge in [0.15, 0.2) is 0 Å². The zero-order chi connectivity index (χ0) is 9.68. The van der Waals surface area contributed by atoms with Crippen LogP contribution < -0.4 is 10.6 Å². The Hall–Kier alpha value is -0.770. The molecule has 1 aromatic carbocycles. The van der Waals surface area contributed by atoms with E-state index in [1.807, 2.05) is 19.1 Å². The fraction of sp³-hybridized carbons (Fsp3) is 0.333. The standard InChI is InChI=1S/C9H12ClNO2/c1-7-2-3-8(10)9(6-7)12-4-5-13-11/h2-3,6H,4-5,11H2,1H3. The van der Waals surface area contributed by atoms with Crippen LogP contribution in [0.15, 0.2) is 18.2 Å². The minimum Gasteiger partial charge on any atom is -0.490 e. The second-order valence-corrected chi connectivity index (χ2v) is 3.06. The normalized spacial score (nSPS) is 10.1. The monoisotopic (exact) mass is 201 g/mol. The topological polar surface area (TPSA) is 44.5 Å². The molecule has 0 radical (unpaired) electrons. The minimum atomic E-state index is 0.351. The quantitative estimate of drug-likeness (QED) is 0.598. The molecule has 0 atom stereocenters. The Kier molecular flexibility index (Phi) is 4.02. The Morgan fingerprint density at radius 1 is 1.38 bits per heavy atom. The van der Waals surface area contributed by atoms with E-state index in [0.29, 0.717) is 24.0 Å². The molecule has 0 heterocycles. The molecule has 0 unspecified atom stereocenters. The number of hydrogen-bond donors (Lipinski definition) is 1.